The summed E-state index contributed by atoms with van der Waals surface area (Å²) < 4.78 is 5.67. The molecule has 0 aliphatic carbocycles. The van der Waals surface area contributed by atoms with Crippen LogP contribution in [-0.2, 0) is 11.3 Å². The summed E-state index contributed by atoms with van der Waals surface area (Å²) in [4.78, 5) is 37.2. The lowest BCUT2D eigenvalue weighted by atomic mass is 9.96. The van der Waals surface area contributed by atoms with Gasteiger partial charge in [0.2, 0.25) is 11.8 Å². The minimum Gasteiger partial charge on any atom is -0.447 e. The molecule has 0 N–H and O–H groups in total. The molecular formula is C28H33N5O3. The minimum absolute atomic E-state index is 0.0461. The summed E-state index contributed by atoms with van der Waals surface area (Å²) in [5.74, 6) is 0.480. The first kappa shape index (κ1) is 24.2. The third kappa shape index (κ3) is 5.50. The Balaban J connectivity index is 1.17. The molecule has 0 atom stereocenters. The van der Waals surface area contributed by atoms with E-state index >= 15 is 0 Å². The molecule has 2 amide bonds. The van der Waals surface area contributed by atoms with Gasteiger partial charge in [0.1, 0.15) is 6.26 Å². The van der Waals surface area contributed by atoms with Crippen molar-refractivity contribution in [2.45, 2.75) is 19.5 Å². The van der Waals surface area contributed by atoms with Gasteiger partial charge in [0.25, 0.3) is 5.91 Å². The van der Waals surface area contributed by atoms with Crippen LogP contribution in [0.25, 0.3) is 0 Å². The maximum Gasteiger partial charge on any atom is 0.275 e. The third-order valence-corrected chi connectivity index (χ3v) is 7.14. The van der Waals surface area contributed by atoms with Gasteiger partial charge in [0.15, 0.2) is 5.69 Å². The summed E-state index contributed by atoms with van der Waals surface area (Å²) in [5, 5.41) is 0. The second-order valence-corrected chi connectivity index (χ2v) is 9.46. The van der Waals surface area contributed by atoms with Crippen LogP contribution >= 0.6 is 0 Å². The first-order valence-corrected chi connectivity index (χ1v) is 12.6. The van der Waals surface area contributed by atoms with E-state index in [1.165, 1.54) is 17.4 Å². The Bertz CT molecular complexity index is 1110. The Morgan fingerprint density at radius 2 is 1.36 bits per heavy atom. The van der Waals surface area contributed by atoms with Gasteiger partial charge in [-0.2, -0.15) is 0 Å². The zero-order valence-corrected chi connectivity index (χ0v) is 20.8. The van der Waals surface area contributed by atoms with Crippen LogP contribution in [0.3, 0.4) is 0 Å². The molecule has 0 bridgehead atoms. The maximum absolute atomic E-state index is 12.8. The number of carbonyl (C=O) groups excluding carboxylic acids is 2. The Hall–Kier alpha value is -3.49. The van der Waals surface area contributed by atoms with Crippen LogP contribution in [-0.4, -0.2) is 88.8 Å². The van der Waals surface area contributed by atoms with Crippen molar-refractivity contribution in [2.24, 2.45) is 0 Å². The van der Waals surface area contributed by atoms with E-state index < -0.39 is 0 Å². The number of piperazine rings is 2. The molecule has 2 aliphatic rings. The van der Waals surface area contributed by atoms with Gasteiger partial charge in [-0.3, -0.25) is 19.4 Å². The van der Waals surface area contributed by atoms with Gasteiger partial charge in [-0.05, 0) is 11.1 Å². The molecule has 8 nitrogen and oxygen atoms in total. The Morgan fingerprint density at radius 3 is 1.92 bits per heavy atom. The molecule has 0 spiro atoms. The molecule has 3 aromatic rings. The molecule has 1 aromatic heterocycles. The van der Waals surface area contributed by atoms with E-state index in [2.05, 4.69) is 75.4 Å². The summed E-state index contributed by atoms with van der Waals surface area (Å²) in [6.45, 7) is 7.96. The molecule has 8 heteroatoms. The van der Waals surface area contributed by atoms with Gasteiger partial charge in [-0.15, -0.1) is 0 Å². The average Bonchev–Trinajstić information content (AvgIpc) is 3.39. The SMILES string of the molecule is CC(=O)N1CCN(C(=O)c2coc(CN3CCN(C(c4ccccc4)c4ccccc4)CC3)n2)CC1. The number of rotatable bonds is 6. The quantitative estimate of drug-likeness (QED) is 0.533. The zero-order valence-electron chi connectivity index (χ0n) is 20.8. The second-order valence-electron chi connectivity index (χ2n) is 9.46. The molecule has 3 heterocycles. The van der Waals surface area contributed by atoms with Gasteiger partial charge < -0.3 is 14.2 Å². The number of amides is 2. The molecule has 0 unspecified atom stereocenters. The van der Waals surface area contributed by atoms with Crippen LogP contribution in [0.15, 0.2) is 71.3 Å². The summed E-state index contributed by atoms with van der Waals surface area (Å²) >= 11 is 0. The number of hydrogen-bond donors (Lipinski definition) is 0. The molecule has 2 aromatic carbocycles. The van der Waals surface area contributed by atoms with E-state index in [1.54, 1.807) is 16.7 Å². The number of oxazole rings is 1. The Morgan fingerprint density at radius 1 is 0.806 bits per heavy atom. The van der Waals surface area contributed by atoms with Crippen molar-refractivity contribution in [2.75, 3.05) is 52.4 Å². The van der Waals surface area contributed by atoms with Crippen LogP contribution in [0.1, 0.15) is 40.5 Å². The topological polar surface area (TPSA) is 73.1 Å². The number of aromatic nitrogens is 1. The van der Waals surface area contributed by atoms with Crippen LogP contribution in [0.2, 0.25) is 0 Å². The van der Waals surface area contributed by atoms with E-state index in [4.69, 9.17) is 4.42 Å². The smallest absolute Gasteiger partial charge is 0.275 e. The molecule has 36 heavy (non-hydrogen) atoms. The van der Waals surface area contributed by atoms with Gasteiger partial charge >= 0.3 is 0 Å². The highest BCUT2D eigenvalue weighted by Gasteiger charge is 2.28. The number of benzene rings is 2. The van der Waals surface area contributed by atoms with Crippen LogP contribution in [0.4, 0.5) is 0 Å². The molecule has 0 radical (unpaired) electrons. The zero-order chi connectivity index (χ0) is 24.9. The van der Waals surface area contributed by atoms with Gasteiger partial charge in [0.05, 0.1) is 12.6 Å². The molecule has 2 fully saturated rings. The van der Waals surface area contributed by atoms with E-state index in [-0.39, 0.29) is 17.9 Å². The van der Waals surface area contributed by atoms with Crippen molar-refractivity contribution in [1.82, 2.24) is 24.6 Å². The van der Waals surface area contributed by atoms with E-state index in [9.17, 15) is 9.59 Å². The van der Waals surface area contributed by atoms with Gasteiger partial charge in [0, 0.05) is 59.3 Å². The number of carbonyl (C=O) groups is 2. The highest BCUT2D eigenvalue weighted by atomic mass is 16.3. The predicted molar refractivity (Wildman–Crippen MR) is 136 cm³/mol. The third-order valence-electron chi connectivity index (χ3n) is 7.14. The van der Waals surface area contributed by atoms with E-state index in [1.807, 2.05) is 0 Å². The summed E-state index contributed by atoms with van der Waals surface area (Å²) in [6, 6.07) is 21.6. The molecule has 188 valence electrons. The van der Waals surface area contributed by atoms with Crippen molar-refractivity contribution < 1.29 is 14.0 Å². The summed E-state index contributed by atoms with van der Waals surface area (Å²) in [7, 11) is 0. The summed E-state index contributed by atoms with van der Waals surface area (Å²) in [5.41, 5.74) is 2.95. The highest BCUT2D eigenvalue weighted by molar-refractivity contribution is 5.92. The number of nitrogens with zero attached hydrogens (tertiary/aromatic N) is 5. The Kier molecular flexibility index (Phi) is 7.44. The van der Waals surface area contributed by atoms with E-state index in [0.29, 0.717) is 44.3 Å². The van der Waals surface area contributed by atoms with Crippen molar-refractivity contribution >= 4 is 11.8 Å². The fraction of sp³-hybridized carbons (Fsp3) is 0.393. The predicted octanol–water partition coefficient (Wildman–Crippen LogP) is 2.89. The standard InChI is InChI=1S/C28H33N5O3/c1-22(34)31-16-18-33(19-17-31)28(35)25-21-36-26(29-25)20-30-12-14-32(15-13-30)27(23-8-4-2-5-9-23)24-10-6-3-7-11-24/h2-11,21,27H,12-20H2,1H3. The highest BCUT2D eigenvalue weighted by Crippen LogP contribution is 2.29. The van der Waals surface area contributed by atoms with Gasteiger partial charge in [-0.25, -0.2) is 4.98 Å². The maximum atomic E-state index is 12.8. The van der Waals surface area contributed by atoms with Crippen LogP contribution in [0.5, 0.6) is 0 Å². The summed E-state index contributed by atoms with van der Waals surface area (Å²) in [6.07, 6.45) is 1.46. The lowest BCUT2D eigenvalue weighted by Gasteiger charge is -2.39. The van der Waals surface area contributed by atoms with Crippen LogP contribution < -0.4 is 0 Å². The van der Waals surface area contributed by atoms with Gasteiger partial charge in [-0.1, -0.05) is 60.7 Å². The van der Waals surface area contributed by atoms with Crippen molar-refractivity contribution in [3.8, 4) is 0 Å². The van der Waals surface area contributed by atoms with E-state index in [0.717, 1.165) is 26.2 Å². The van der Waals surface area contributed by atoms with Crippen LogP contribution in [0, 0.1) is 0 Å². The lowest BCUT2D eigenvalue weighted by Crippen LogP contribution is -2.50. The molecule has 0 saturated carbocycles. The normalized spacial score (nSPS) is 17.5. The van der Waals surface area contributed by atoms with Crippen molar-refractivity contribution in [3.63, 3.8) is 0 Å². The second kappa shape index (κ2) is 11.1. The fourth-order valence-corrected chi connectivity index (χ4v) is 5.12. The first-order chi connectivity index (χ1) is 17.6. The number of hydrogen-bond acceptors (Lipinski definition) is 6. The lowest BCUT2D eigenvalue weighted by molar-refractivity contribution is -0.130. The molecule has 5 rings (SSSR count). The molecule has 2 saturated heterocycles. The fourth-order valence-electron chi connectivity index (χ4n) is 5.12. The average molecular weight is 488 g/mol. The minimum atomic E-state index is -0.133. The molecular weight excluding hydrogens is 454 g/mol. The van der Waals surface area contributed by atoms with Crippen molar-refractivity contribution in [1.29, 1.82) is 0 Å². The van der Waals surface area contributed by atoms with Crippen molar-refractivity contribution in [3.05, 3.63) is 89.6 Å². The Labute approximate surface area is 212 Å². The largest absolute Gasteiger partial charge is 0.447 e. The monoisotopic (exact) mass is 487 g/mol. The molecule has 2 aliphatic heterocycles. The first-order valence-electron chi connectivity index (χ1n) is 12.6.